The molecular formula is C25H27BrN4. The third kappa shape index (κ3) is 4.33. The molecule has 0 bridgehead atoms. The molecule has 0 spiro atoms. The summed E-state index contributed by atoms with van der Waals surface area (Å²) in [5, 5.41) is 0. The minimum atomic E-state index is 0.574. The zero-order valence-electron chi connectivity index (χ0n) is 17.2. The maximum atomic E-state index is 5.00. The molecule has 0 saturated heterocycles. The number of fused-ring (bicyclic) bond motifs is 1. The van der Waals surface area contributed by atoms with Gasteiger partial charge in [0, 0.05) is 66.3 Å². The van der Waals surface area contributed by atoms with Crippen molar-refractivity contribution in [1.82, 2.24) is 19.9 Å². The highest BCUT2D eigenvalue weighted by molar-refractivity contribution is 9.10. The SMILES string of the molecule is Brc1cccc(-c2ccncc2CN2CCc3nc(C4CCCCC4)ncc3C2)c1. The van der Waals surface area contributed by atoms with Crippen LogP contribution in [0.2, 0.25) is 0 Å². The number of aromatic nitrogens is 3. The van der Waals surface area contributed by atoms with Gasteiger partial charge in [0.15, 0.2) is 0 Å². The van der Waals surface area contributed by atoms with Crippen LogP contribution < -0.4 is 0 Å². The number of nitrogens with zero attached hydrogens (tertiary/aromatic N) is 4. The number of halogens is 1. The molecule has 1 fully saturated rings. The molecule has 4 nitrogen and oxygen atoms in total. The first kappa shape index (κ1) is 19.8. The van der Waals surface area contributed by atoms with E-state index in [1.807, 2.05) is 12.4 Å². The second-order valence-electron chi connectivity index (χ2n) is 8.54. The summed E-state index contributed by atoms with van der Waals surface area (Å²) in [4.78, 5) is 16.7. The summed E-state index contributed by atoms with van der Waals surface area (Å²) in [5.41, 5.74) is 6.29. The molecule has 1 aliphatic carbocycles. The summed E-state index contributed by atoms with van der Waals surface area (Å²) in [6.45, 7) is 2.83. The zero-order chi connectivity index (χ0) is 20.3. The second-order valence-corrected chi connectivity index (χ2v) is 9.45. The predicted molar refractivity (Wildman–Crippen MR) is 123 cm³/mol. The van der Waals surface area contributed by atoms with E-state index in [1.54, 1.807) is 0 Å². The molecule has 0 N–H and O–H groups in total. The summed E-state index contributed by atoms with van der Waals surface area (Å²) in [6, 6.07) is 10.6. The van der Waals surface area contributed by atoms with Crippen LogP contribution in [0.25, 0.3) is 11.1 Å². The van der Waals surface area contributed by atoms with Crippen LogP contribution in [0.15, 0.2) is 53.4 Å². The lowest BCUT2D eigenvalue weighted by molar-refractivity contribution is 0.242. The van der Waals surface area contributed by atoms with Crippen molar-refractivity contribution < 1.29 is 0 Å². The fourth-order valence-electron chi connectivity index (χ4n) is 4.81. The Labute approximate surface area is 186 Å². The highest BCUT2D eigenvalue weighted by Gasteiger charge is 2.23. The zero-order valence-corrected chi connectivity index (χ0v) is 18.8. The minimum absolute atomic E-state index is 0.574. The highest BCUT2D eigenvalue weighted by Crippen LogP contribution is 2.32. The molecule has 2 aliphatic rings. The third-order valence-electron chi connectivity index (χ3n) is 6.44. The number of hydrogen-bond donors (Lipinski definition) is 0. The molecule has 0 atom stereocenters. The summed E-state index contributed by atoms with van der Waals surface area (Å²) in [5.74, 6) is 1.66. The smallest absolute Gasteiger partial charge is 0.131 e. The van der Waals surface area contributed by atoms with E-state index in [0.29, 0.717) is 5.92 Å². The summed E-state index contributed by atoms with van der Waals surface area (Å²) in [6.07, 6.45) is 13.5. The number of rotatable bonds is 4. The highest BCUT2D eigenvalue weighted by atomic mass is 79.9. The molecule has 1 aliphatic heterocycles. The van der Waals surface area contributed by atoms with E-state index in [9.17, 15) is 0 Å². The van der Waals surface area contributed by atoms with Gasteiger partial charge in [0.25, 0.3) is 0 Å². The van der Waals surface area contributed by atoms with Crippen molar-refractivity contribution in [2.45, 2.75) is 57.5 Å². The molecule has 5 rings (SSSR count). The van der Waals surface area contributed by atoms with Gasteiger partial charge in [-0.05, 0) is 47.7 Å². The summed E-state index contributed by atoms with van der Waals surface area (Å²) < 4.78 is 1.10. The van der Waals surface area contributed by atoms with Gasteiger partial charge in [-0.25, -0.2) is 9.97 Å². The molecule has 1 aromatic carbocycles. The van der Waals surface area contributed by atoms with Gasteiger partial charge in [0.1, 0.15) is 5.82 Å². The van der Waals surface area contributed by atoms with Crippen molar-refractivity contribution in [1.29, 1.82) is 0 Å². The average molecular weight is 463 g/mol. The van der Waals surface area contributed by atoms with E-state index in [2.05, 4.69) is 62.3 Å². The lowest BCUT2D eigenvalue weighted by Gasteiger charge is -2.29. The molecule has 0 radical (unpaired) electrons. The molecular weight excluding hydrogens is 436 g/mol. The van der Waals surface area contributed by atoms with Crippen LogP contribution in [0.1, 0.15) is 60.7 Å². The fourth-order valence-corrected chi connectivity index (χ4v) is 5.21. The molecule has 2 aromatic heterocycles. The van der Waals surface area contributed by atoms with Crippen LogP contribution >= 0.6 is 15.9 Å². The number of benzene rings is 1. The summed E-state index contributed by atoms with van der Waals surface area (Å²) in [7, 11) is 0. The Balaban J connectivity index is 1.33. The Morgan fingerprint density at radius 2 is 1.97 bits per heavy atom. The van der Waals surface area contributed by atoms with Gasteiger partial charge in [0.2, 0.25) is 0 Å². The van der Waals surface area contributed by atoms with Gasteiger partial charge in [-0.3, -0.25) is 9.88 Å². The van der Waals surface area contributed by atoms with E-state index in [0.717, 1.165) is 36.4 Å². The van der Waals surface area contributed by atoms with E-state index < -0.39 is 0 Å². The van der Waals surface area contributed by atoms with Crippen molar-refractivity contribution >= 4 is 15.9 Å². The Morgan fingerprint density at radius 3 is 2.83 bits per heavy atom. The van der Waals surface area contributed by atoms with Crippen LogP contribution in [-0.4, -0.2) is 26.4 Å². The maximum absolute atomic E-state index is 5.00. The lowest BCUT2D eigenvalue weighted by atomic mass is 9.88. The van der Waals surface area contributed by atoms with Gasteiger partial charge >= 0.3 is 0 Å². The predicted octanol–water partition coefficient (Wildman–Crippen LogP) is 5.91. The van der Waals surface area contributed by atoms with Gasteiger partial charge < -0.3 is 0 Å². The Morgan fingerprint density at radius 1 is 1.07 bits per heavy atom. The van der Waals surface area contributed by atoms with Crippen molar-refractivity contribution in [3.63, 3.8) is 0 Å². The van der Waals surface area contributed by atoms with Crippen LogP contribution in [0, 0.1) is 0 Å². The van der Waals surface area contributed by atoms with E-state index in [-0.39, 0.29) is 0 Å². The monoisotopic (exact) mass is 462 g/mol. The number of hydrogen-bond acceptors (Lipinski definition) is 4. The molecule has 5 heteroatoms. The number of pyridine rings is 1. The fraction of sp³-hybridized carbons (Fsp3) is 0.400. The second kappa shape index (κ2) is 8.94. The van der Waals surface area contributed by atoms with Crippen LogP contribution in [0.5, 0.6) is 0 Å². The molecule has 30 heavy (non-hydrogen) atoms. The first-order valence-electron chi connectivity index (χ1n) is 11.0. The van der Waals surface area contributed by atoms with Gasteiger partial charge in [-0.2, -0.15) is 0 Å². The largest absolute Gasteiger partial charge is 0.294 e. The van der Waals surface area contributed by atoms with Crippen LogP contribution in [0.4, 0.5) is 0 Å². The Kier molecular flexibility index (Phi) is 5.91. The molecule has 154 valence electrons. The first-order chi connectivity index (χ1) is 14.8. The minimum Gasteiger partial charge on any atom is -0.294 e. The van der Waals surface area contributed by atoms with Crippen LogP contribution in [0.3, 0.4) is 0 Å². The topological polar surface area (TPSA) is 41.9 Å². The molecule has 1 saturated carbocycles. The quantitative estimate of drug-likeness (QED) is 0.483. The lowest BCUT2D eigenvalue weighted by Crippen LogP contribution is -2.31. The Hall–Kier alpha value is -2.11. The third-order valence-corrected chi connectivity index (χ3v) is 6.93. The van der Waals surface area contributed by atoms with Gasteiger partial charge in [0.05, 0.1) is 0 Å². The van der Waals surface area contributed by atoms with E-state index >= 15 is 0 Å². The van der Waals surface area contributed by atoms with Crippen molar-refractivity contribution in [2.24, 2.45) is 0 Å². The summed E-state index contributed by atoms with van der Waals surface area (Å²) >= 11 is 3.59. The first-order valence-corrected chi connectivity index (χ1v) is 11.8. The average Bonchev–Trinajstić information content (AvgIpc) is 2.80. The van der Waals surface area contributed by atoms with Crippen molar-refractivity contribution in [3.8, 4) is 11.1 Å². The van der Waals surface area contributed by atoms with E-state index in [4.69, 9.17) is 9.97 Å². The molecule has 3 aromatic rings. The van der Waals surface area contributed by atoms with Crippen molar-refractivity contribution in [2.75, 3.05) is 6.54 Å². The van der Waals surface area contributed by atoms with E-state index in [1.165, 1.54) is 60.1 Å². The van der Waals surface area contributed by atoms with Gasteiger partial charge in [-0.15, -0.1) is 0 Å². The van der Waals surface area contributed by atoms with Crippen molar-refractivity contribution in [3.05, 3.63) is 76.0 Å². The van der Waals surface area contributed by atoms with Crippen LogP contribution in [-0.2, 0) is 19.5 Å². The van der Waals surface area contributed by atoms with Gasteiger partial charge in [-0.1, -0.05) is 47.3 Å². The Bertz CT molecular complexity index is 1030. The molecule has 0 unspecified atom stereocenters. The molecule has 0 amide bonds. The maximum Gasteiger partial charge on any atom is 0.131 e. The standard InChI is InChI=1S/C25H27BrN4/c26-22-8-4-7-19(13-22)23-9-11-27-14-20(23)16-30-12-10-24-21(17-30)15-28-25(29-24)18-5-2-1-3-6-18/h4,7-9,11,13-15,18H,1-3,5-6,10,12,16-17H2. The normalized spacial score (nSPS) is 17.6. The molecule has 3 heterocycles.